The number of hydrogen-bond acceptors (Lipinski definition) is 3. The molecule has 5 heteroatoms. The normalized spacial score (nSPS) is 9.76. The summed E-state index contributed by atoms with van der Waals surface area (Å²) in [5.74, 6) is -0.832. The minimum Gasteiger partial charge on any atom is -0.374 e. The van der Waals surface area contributed by atoms with E-state index in [-0.39, 0.29) is 23.7 Å². The van der Waals surface area contributed by atoms with E-state index in [1.807, 2.05) is 31.2 Å². The van der Waals surface area contributed by atoms with Crippen LogP contribution in [0.25, 0.3) is 0 Å². The minimum absolute atomic E-state index is 0.0588. The number of rotatable bonds is 4. The maximum atomic E-state index is 13.6. The Bertz CT molecular complexity index is 707. The third kappa shape index (κ3) is 4.05. The predicted molar refractivity (Wildman–Crippen MR) is 79.4 cm³/mol. The molecular formula is C16H14FN3O. The first-order valence-corrected chi connectivity index (χ1v) is 6.38. The number of benzene rings is 2. The number of carbonyl (C=O) groups is 1. The highest BCUT2D eigenvalue weighted by Crippen LogP contribution is 2.15. The van der Waals surface area contributed by atoms with E-state index in [0.29, 0.717) is 5.69 Å². The summed E-state index contributed by atoms with van der Waals surface area (Å²) < 4.78 is 13.6. The van der Waals surface area contributed by atoms with E-state index in [4.69, 9.17) is 5.26 Å². The summed E-state index contributed by atoms with van der Waals surface area (Å²) in [6.45, 7) is 1.87. The number of nitrogens with one attached hydrogen (secondary N) is 2. The molecule has 0 aromatic heterocycles. The molecule has 0 heterocycles. The van der Waals surface area contributed by atoms with Crippen LogP contribution in [0.1, 0.15) is 11.1 Å². The predicted octanol–water partition coefficient (Wildman–Crippen LogP) is 3.06. The van der Waals surface area contributed by atoms with Crippen molar-refractivity contribution in [3.05, 3.63) is 59.4 Å². The molecule has 0 saturated heterocycles. The molecule has 2 N–H and O–H groups in total. The Balaban J connectivity index is 1.94. The Morgan fingerprint density at radius 3 is 2.76 bits per heavy atom. The summed E-state index contributed by atoms with van der Waals surface area (Å²) in [7, 11) is 0. The van der Waals surface area contributed by atoms with Gasteiger partial charge in [-0.05, 0) is 42.8 Å². The standard InChI is InChI=1S/C16H14FN3O/c1-11-3-2-4-13(7-11)20-16(21)10-19-15-6-5-12(9-18)8-14(15)17/h2-8,19H,10H2,1H3,(H,20,21). The largest absolute Gasteiger partial charge is 0.374 e. The van der Waals surface area contributed by atoms with Crippen LogP contribution in [0.3, 0.4) is 0 Å². The van der Waals surface area contributed by atoms with Gasteiger partial charge in [0.15, 0.2) is 0 Å². The lowest BCUT2D eigenvalue weighted by Crippen LogP contribution is -2.22. The van der Waals surface area contributed by atoms with Gasteiger partial charge in [-0.2, -0.15) is 5.26 Å². The molecular weight excluding hydrogens is 269 g/mol. The van der Waals surface area contributed by atoms with Gasteiger partial charge in [0.1, 0.15) is 5.82 Å². The molecule has 2 aromatic rings. The van der Waals surface area contributed by atoms with Crippen molar-refractivity contribution >= 4 is 17.3 Å². The van der Waals surface area contributed by atoms with Crippen LogP contribution in [0.4, 0.5) is 15.8 Å². The topological polar surface area (TPSA) is 64.9 Å². The summed E-state index contributed by atoms with van der Waals surface area (Å²) >= 11 is 0. The molecule has 0 atom stereocenters. The summed E-state index contributed by atoms with van der Waals surface area (Å²) in [5.41, 5.74) is 2.16. The summed E-state index contributed by atoms with van der Waals surface area (Å²) in [6.07, 6.45) is 0. The van der Waals surface area contributed by atoms with Gasteiger partial charge in [-0.3, -0.25) is 4.79 Å². The Morgan fingerprint density at radius 2 is 2.10 bits per heavy atom. The number of halogens is 1. The van der Waals surface area contributed by atoms with Crippen LogP contribution in [-0.2, 0) is 4.79 Å². The van der Waals surface area contributed by atoms with Crippen LogP contribution in [0.2, 0.25) is 0 Å². The molecule has 0 fully saturated rings. The number of anilines is 2. The van der Waals surface area contributed by atoms with E-state index in [9.17, 15) is 9.18 Å². The van der Waals surface area contributed by atoms with Gasteiger partial charge in [-0.1, -0.05) is 12.1 Å². The van der Waals surface area contributed by atoms with E-state index in [2.05, 4.69) is 10.6 Å². The Kier molecular flexibility index (Phi) is 4.52. The second-order valence-electron chi connectivity index (χ2n) is 4.58. The molecule has 0 spiro atoms. The van der Waals surface area contributed by atoms with Gasteiger partial charge in [0.05, 0.1) is 23.9 Å². The van der Waals surface area contributed by atoms with Gasteiger partial charge in [0.25, 0.3) is 0 Å². The van der Waals surface area contributed by atoms with Crippen LogP contribution in [-0.4, -0.2) is 12.5 Å². The van der Waals surface area contributed by atoms with Crippen molar-refractivity contribution in [3.8, 4) is 6.07 Å². The number of amides is 1. The van der Waals surface area contributed by atoms with Crippen molar-refractivity contribution in [2.75, 3.05) is 17.2 Å². The van der Waals surface area contributed by atoms with Gasteiger partial charge in [-0.15, -0.1) is 0 Å². The zero-order valence-corrected chi connectivity index (χ0v) is 11.5. The van der Waals surface area contributed by atoms with E-state index in [1.165, 1.54) is 12.1 Å². The molecule has 0 bridgehead atoms. The van der Waals surface area contributed by atoms with Gasteiger partial charge < -0.3 is 10.6 Å². The second kappa shape index (κ2) is 6.53. The summed E-state index contributed by atoms with van der Waals surface area (Å²) in [5, 5.41) is 14.1. The first-order valence-electron chi connectivity index (χ1n) is 6.38. The van der Waals surface area contributed by atoms with Gasteiger partial charge >= 0.3 is 0 Å². The van der Waals surface area contributed by atoms with Crippen LogP contribution < -0.4 is 10.6 Å². The fraction of sp³-hybridized carbons (Fsp3) is 0.125. The number of nitrogens with zero attached hydrogens (tertiary/aromatic N) is 1. The molecule has 1 amide bonds. The van der Waals surface area contributed by atoms with Gasteiger partial charge in [-0.25, -0.2) is 4.39 Å². The lowest BCUT2D eigenvalue weighted by Gasteiger charge is -2.09. The zero-order chi connectivity index (χ0) is 15.2. The van der Waals surface area contributed by atoms with Crippen molar-refractivity contribution in [1.82, 2.24) is 0 Å². The molecule has 0 aliphatic rings. The molecule has 0 saturated carbocycles. The van der Waals surface area contributed by atoms with Crippen LogP contribution in [0.5, 0.6) is 0 Å². The van der Waals surface area contributed by atoms with Crippen LogP contribution in [0, 0.1) is 24.1 Å². The molecule has 0 radical (unpaired) electrons. The smallest absolute Gasteiger partial charge is 0.243 e. The SMILES string of the molecule is Cc1cccc(NC(=O)CNc2ccc(C#N)cc2F)c1. The van der Waals surface area contributed by atoms with E-state index < -0.39 is 5.82 Å². The minimum atomic E-state index is -0.558. The number of aryl methyl sites for hydroxylation is 1. The van der Waals surface area contributed by atoms with Crippen LogP contribution >= 0.6 is 0 Å². The fourth-order valence-electron chi connectivity index (χ4n) is 1.83. The highest BCUT2D eigenvalue weighted by Gasteiger charge is 2.06. The van der Waals surface area contributed by atoms with Gasteiger partial charge in [0.2, 0.25) is 5.91 Å². The Hall–Kier alpha value is -2.87. The lowest BCUT2D eigenvalue weighted by molar-refractivity contribution is -0.114. The molecule has 4 nitrogen and oxygen atoms in total. The monoisotopic (exact) mass is 283 g/mol. The molecule has 106 valence electrons. The Morgan fingerprint density at radius 1 is 1.29 bits per heavy atom. The third-order valence-electron chi connectivity index (χ3n) is 2.84. The van der Waals surface area contributed by atoms with Crippen molar-refractivity contribution in [3.63, 3.8) is 0 Å². The molecule has 0 unspecified atom stereocenters. The Labute approximate surface area is 122 Å². The molecule has 2 aromatic carbocycles. The lowest BCUT2D eigenvalue weighted by atomic mass is 10.2. The maximum Gasteiger partial charge on any atom is 0.243 e. The zero-order valence-electron chi connectivity index (χ0n) is 11.5. The molecule has 0 aliphatic carbocycles. The number of carbonyl (C=O) groups excluding carboxylic acids is 1. The van der Waals surface area contributed by atoms with E-state index in [1.54, 1.807) is 6.07 Å². The highest BCUT2D eigenvalue weighted by atomic mass is 19.1. The average Bonchev–Trinajstić information content (AvgIpc) is 2.46. The molecule has 2 rings (SSSR count). The average molecular weight is 283 g/mol. The second-order valence-corrected chi connectivity index (χ2v) is 4.58. The number of nitriles is 1. The van der Waals surface area contributed by atoms with E-state index >= 15 is 0 Å². The highest BCUT2D eigenvalue weighted by molar-refractivity contribution is 5.93. The summed E-state index contributed by atoms with van der Waals surface area (Å²) in [4.78, 5) is 11.8. The third-order valence-corrected chi connectivity index (χ3v) is 2.84. The number of hydrogen-bond donors (Lipinski definition) is 2. The first-order chi connectivity index (χ1) is 10.1. The van der Waals surface area contributed by atoms with Crippen molar-refractivity contribution < 1.29 is 9.18 Å². The van der Waals surface area contributed by atoms with Crippen molar-refractivity contribution in [2.24, 2.45) is 0 Å². The van der Waals surface area contributed by atoms with Gasteiger partial charge in [0, 0.05) is 5.69 Å². The summed E-state index contributed by atoms with van der Waals surface area (Å²) in [6, 6.07) is 13.3. The van der Waals surface area contributed by atoms with Crippen LogP contribution in [0.15, 0.2) is 42.5 Å². The maximum absolute atomic E-state index is 13.6. The fourth-order valence-corrected chi connectivity index (χ4v) is 1.83. The quantitative estimate of drug-likeness (QED) is 0.906. The van der Waals surface area contributed by atoms with E-state index in [0.717, 1.165) is 11.6 Å². The molecule has 0 aliphatic heterocycles. The first kappa shape index (κ1) is 14.5. The molecule has 21 heavy (non-hydrogen) atoms. The van der Waals surface area contributed by atoms with Crippen molar-refractivity contribution in [2.45, 2.75) is 6.92 Å². The van der Waals surface area contributed by atoms with Crippen molar-refractivity contribution in [1.29, 1.82) is 5.26 Å².